The Balaban J connectivity index is 1.30. The van der Waals surface area contributed by atoms with Gasteiger partial charge >= 0.3 is 0 Å². The van der Waals surface area contributed by atoms with Crippen LogP contribution in [0.4, 0.5) is 0 Å². The third kappa shape index (κ3) is 3.91. The fourth-order valence-corrected chi connectivity index (χ4v) is 4.31. The number of benzene rings is 2. The fourth-order valence-electron chi connectivity index (χ4n) is 4.31. The van der Waals surface area contributed by atoms with Gasteiger partial charge in [-0.1, -0.05) is 60.7 Å². The maximum absolute atomic E-state index is 4.98. The zero-order chi connectivity index (χ0) is 20.3. The molecule has 0 amide bonds. The minimum absolute atomic E-state index is 0.456. The van der Waals surface area contributed by atoms with Gasteiger partial charge in [-0.2, -0.15) is 0 Å². The number of aromatic nitrogens is 3. The zero-order valence-corrected chi connectivity index (χ0v) is 17.3. The van der Waals surface area contributed by atoms with Gasteiger partial charge in [0.2, 0.25) is 0 Å². The maximum atomic E-state index is 4.98. The van der Waals surface area contributed by atoms with Crippen LogP contribution in [0.1, 0.15) is 29.4 Å². The van der Waals surface area contributed by atoms with Crippen molar-refractivity contribution in [3.63, 3.8) is 0 Å². The molecule has 4 heteroatoms. The van der Waals surface area contributed by atoms with E-state index in [0.29, 0.717) is 5.92 Å². The number of likely N-dealkylation sites (tertiary alicyclic amines) is 1. The van der Waals surface area contributed by atoms with E-state index in [4.69, 9.17) is 4.98 Å². The van der Waals surface area contributed by atoms with E-state index in [0.717, 1.165) is 60.1 Å². The number of H-pyrrole nitrogens is 1. The van der Waals surface area contributed by atoms with Gasteiger partial charge in [0.1, 0.15) is 5.82 Å². The van der Waals surface area contributed by atoms with Crippen molar-refractivity contribution in [2.24, 2.45) is 0 Å². The minimum Gasteiger partial charge on any atom is -0.345 e. The quantitative estimate of drug-likeness (QED) is 0.490. The zero-order valence-electron chi connectivity index (χ0n) is 17.3. The molecule has 1 saturated heterocycles. The first-order valence-electron chi connectivity index (χ1n) is 10.6. The molecule has 1 atom stereocenters. The number of pyridine rings is 1. The predicted octanol–water partition coefficient (Wildman–Crippen LogP) is 5.44. The average Bonchev–Trinajstić information content (AvgIpc) is 3.42. The maximum Gasteiger partial charge on any atom is 0.111 e. The van der Waals surface area contributed by atoms with Crippen LogP contribution in [0, 0.1) is 6.92 Å². The molecule has 1 fully saturated rings. The summed E-state index contributed by atoms with van der Waals surface area (Å²) in [6.07, 6.45) is 3.08. The Labute approximate surface area is 177 Å². The van der Waals surface area contributed by atoms with Gasteiger partial charge < -0.3 is 4.98 Å². The highest BCUT2D eigenvalue weighted by Gasteiger charge is 2.27. The standard InChI is InChI=1S/C26H26N4/c1-19-25(22-12-13-24(27-16-22)21-10-6-3-7-11-21)29-26(28-19)23-14-15-30(18-23)17-20-8-4-2-5-9-20/h2-13,16,23H,14-15,17-18H2,1H3,(H,28,29)/t23-/m0/s1. The third-order valence-corrected chi connectivity index (χ3v) is 5.92. The van der Waals surface area contributed by atoms with Crippen LogP contribution in [0.15, 0.2) is 79.0 Å². The molecule has 0 aliphatic carbocycles. The van der Waals surface area contributed by atoms with Crippen molar-refractivity contribution >= 4 is 0 Å². The Morgan fingerprint density at radius 2 is 1.70 bits per heavy atom. The van der Waals surface area contributed by atoms with Crippen LogP contribution in [0.3, 0.4) is 0 Å². The topological polar surface area (TPSA) is 44.8 Å². The van der Waals surface area contributed by atoms with Crippen LogP contribution in [-0.4, -0.2) is 32.9 Å². The Hall–Kier alpha value is -3.24. The molecule has 2 aromatic heterocycles. The molecule has 30 heavy (non-hydrogen) atoms. The monoisotopic (exact) mass is 394 g/mol. The Bertz CT molecular complexity index is 1100. The molecule has 0 radical (unpaired) electrons. The molecular formula is C26H26N4. The summed E-state index contributed by atoms with van der Waals surface area (Å²) in [5, 5.41) is 0. The molecule has 3 heterocycles. The second-order valence-electron chi connectivity index (χ2n) is 8.10. The highest BCUT2D eigenvalue weighted by Crippen LogP contribution is 2.30. The number of nitrogens with zero attached hydrogens (tertiary/aromatic N) is 3. The van der Waals surface area contributed by atoms with E-state index in [1.807, 2.05) is 24.4 Å². The number of aryl methyl sites for hydroxylation is 1. The second kappa shape index (κ2) is 8.25. The summed E-state index contributed by atoms with van der Waals surface area (Å²) in [5.74, 6) is 1.56. The van der Waals surface area contributed by atoms with Crippen LogP contribution in [0.2, 0.25) is 0 Å². The van der Waals surface area contributed by atoms with Crippen LogP contribution in [0.5, 0.6) is 0 Å². The van der Waals surface area contributed by atoms with Crippen LogP contribution in [-0.2, 0) is 6.54 Å². The predicted molar refractivity (Wildman–Crippen MR) is 121 cm³/mol. The lowest BCUT2D eigenvalue weighted by molar-refractivity contribution is 0.326. The largest absolute Gasteiger partial charge is 0.345 e. The molecule has 2 aromatic carbocycles. The highest BCUT2D eigenvalue weighted by molar-refractivity contribution is 5.66. The average molecular weight is 395 g/mol. The van der Waals surface area contributed by atoms with Crippen LogP contribution < -0.4 is 0 Å². The first kappa shape index (κ1) is 18.8. The van der Waals surface area contributed by atoms with E-state index in [2.05, 4.69) is 76.4 Å². The minimum atomic E-state index is 0.456. The Kier molecular flexibility index (Phi) is 5.16. The molecule has 0 bridgehead atoms. The second-order valence-corrected chi connectivity index (χ2v) is 8.10. The summed E-state index contributed by atoms with van der Waals surface area (Å²) >= 11 is 0. The van der Waals surface area contributed by atoms with Crippen molar-refractivity contribution in [2.45, 2.75) is 25.8 Å². The highest BCUT2D eigenvalue weighted by atomic mass is 15.2. The van der Waals surface area contributed by atoms with Crippen LogP contribution in [0.25, 0.3) is 22.5 Å². The first-order chi connectivity index (χ1) is 14.8. The number of rotatable bonds is 5. The van der Waals surface area contributed by atoms with Crippen molar-refractivity contribution in [3.8, 4) is 22.5 Å². The Morgan fingerprint density at radius 3 is 2.43 bits per heavy atom. The van der Waals surface area contributed by atoms with Crippen molar-refractivity contribution in [3.05, 3.63) is 96.1 Å². The molecule has 1 aliphatic rings. The SMILES string of the molecule is Cc1[nH]c([C@H]2CCN(Cc3ccccc3)C2)nc1-c1ccc(-c2ccccc2)nc1. The van der Waals surface area contributed by atoms with Gasteiger partial charge in [-0.3, -0.25) is 9.88 Å². The van der Waals surface area contributed by atoms with Gasteiger partial charge in [-0.05, 0) is 37.6 Å². The van der Waals surface area contributed by atoms with Gasteiger partial charge in [-0.15, -0.1) is 0 Å². The molecule has 150 valence electrons. The molecule has 1 N–H and O–H groups in total. The van der Waals surface area contributed by atoms with Crippen molar-refractivity contribution in [1.29, 1.82) is 0 Å². The smallest absolute Gasteiger partial charge is 0.111 e. The van der Waals surface area contributed by atoms with E-state index < -0.39 is 0 Å². The summed E-state index contributed by atoms with van der Waals surface area (Å²) in [6.45, 7) is 5.27. The lowest BCUT2D eigenvalue weighted by Gasteiger charge is -2.15. The van der Waals surface area contributed by atoms with E-state index >= 15 is 0 Å². The lowest BCUT2D eigenvalue weighted by Crippen LogP contribution is -2.19. The molecule has 4 nitrogen and oxygen atoms in total. The Morgan fingerprint density at radius 1 is 0.933 bits per heavy atom. The molecule has 0 saturated carbocycles. The van der Waals surface area contributed by atoms with Crippen molar-refractivity contribution in [2.75, 3.05) is 13.1 Å². The number of aromatic amines is 1. The molecule has 1 aliphatic heterocycles. The van der Waals surface area contributed by atoms with Crippen molar-refractivity contribution < 1.29 is 0 Å². The molecule has 0 spiro atoms. The number of hydrogen-bond donors (Lipinski definition) is 1. The van der Waals surface area contributed by atoms with Gasteiger partial charge in [0.05, 0.1) is 11.4 Å². The summed E-state index contributed by atoms with van der Waals surface area (Å²) in [5.41, 5.74) is 6.68. The van der Waals surface area contributed by atoms with Gasteiger partial charge in [-0.25, -0.2) is 4.98 Å². The first-order valence-corrected chi connectivity index (χ1v) is 10.6. The summed E-state index contributed by atoms with van der Waals surface area (Å²) in [6, 6.07) is 25.2. The van der Waals surface area contributed by atoms with E-state index in [-0.39, 0.29) is 0 Å². The molecular weight excluding hydrogens is 368 g/mol. The third-order valence-electron chi connectivity index (χ3n) is 5.92. The summed E-state index contributed by atoms with van der Waals surface area (Å²) in [7, 11) is 0. The number of imidazole rings is 1. The molecule has 4 aromatic rings. The fraction of sp³-hybridized carbons (Fsp3) is 0.231. The van der Waals surface area contributed by atoms with E-state index in [9.17, 15) is 0 Å². The molecule has 0 unspecified atom stereocenters. The van der Waals surface area contributed by atoms with E-state index in [1.54, 1.807) is 0 Å². The normalized spacial score (nSPS) is 16.8. The van der Waals surface area contributed by atoms with E-state index in [1.165, 1.54) is 5.56 Å². The van der Waals surface area contributed by atoms with Gasteiger partial charge in [0.25, 0.3) is 0 Å². The van der Waals surface area contributed by atoms with Gasteiger partial charge in [0, 0.05) is 42.0 Å². The summed E-state index contributed by atoms with van der Waals surface area (Å²) in [4.78, 5) is 15.7. The summed E-state index contributed by atoms with van der Waals surface area (Å²) < 4.78 is 0. The van der Waals surface area contributed by atoms with Gasteiger partial charge in [0.15, 0.2) is 0 Å². The van der Waals surface area contributed by atoms with Crippen molar-refractivity contribution in [1.82, 2.24) is 19.9 Å². The number of hydrogen-bond acceptors (Lipinski definition) is 3. The number of nitrogens with one attached hydrogen (secondary N) is 1. The lowest BCUT2D eigenvalue weighted by atomic mass is 10.1. The molecule has 5 rings (SSSR count). The van der Waals surface area contributed by atoms with Crippen LogP contribution >= 0.6 is 0 Å².